The normalized spacial score (nSPS) is 21.2. The molecule has 66 valence electrons. The minimum atomic E-state index is -0.828. The summed E-state index contributed by atoms with van der Waals surface area (Å²) in [6, 6.07) is 0.203. The van der Waals surface area contributed by atoms with Crippen LogP contribution in [0.2, 0.25) is 0 Å². The summed E-state index contributed by atoms with van der Waals surface area (Å²) >= 11 is 0. The van der Waals surface area contributed by atoms with Gasteiger partial charge in [0.2, 0.25) is 0 Å². The van der Waals surface area contributed by atoms with Crippen LogP contribution in [0.3, 0.4) is 0 Å². The number of carbonyl (C=O) groups is 1. The van der Waals surface area contributed by atoms with Gasteiger partial charge in [0, 0.05) is 12.8 Å². The van der Waals surface area contributed by atoms with Crippen molar-refractivity contribution in [2.24, 2.45) is 4.99 Å². The lowest BCUT2D eigenvalue weighted by atomic mass is 10.2. The minimum Gasteiger partial charge on any atom is -0.480 e. The van der Waals surface area contributed by atoms with Crippen molar-refractivity contribution in [1.29, 1.82) is 0 Å². The quantitative estimate of drug-likeness (QED) is 0.624. The van der Waals surface area contributed by atoms with Crippen molar-refractivity contribution in [3.05, 3.63) is 12.2 Å². The van der Waals surface area contributed by atoms with Gasteiger partial charge in [-0.25, -0.2) is 0 Å². The summed E-state index contributed by atoms with van der Waals surface area (Å²) < 4.78 is 0. The molecular weight excluding hydrogens is 156 g/mol. The predicted octanol–water partition coefficient (Wildman–Crippen LogP) is 0.0599. The Hall–Kier alpha value is -1.16. The summed E-state index contributed by atoms with van der Waals surface area (Å²) in [5.41, 5.74) is 0. The zero-order valence-corrected chi connectivity index (χ0v) is 6.73. The van der Waals surface area contributed by atoms with E-state index in [1.807, 2.05) is 12.2 Å². The highest BCUT2D eigenvalue weighted by Gasteiger charge is 2.05. The lowest BCUT2D eigenvalue weighted by molar-refractivity contribution is -0.135. The Morgan fingerprint density at radius 3 is 3.17 bits per heavy atom. The van der Waals surface area contributed by atoms with Crippen LogP contribution in [0.5, 0.6) is 0 Å². The highest BCUT2D eigenvalue weighted by Crippen LogP contribution is 2.01. The Kier molecular flexibility index (Phi) is 3.47. The van der Waals surface area contributed by atoms with Gasteiger partial charge in [0.05, 0.1) is 12.6 Å². The molecule has 0 bridgehead atoms. The summed E-state index contributed by atoms with van der Waals surface area (Å²) in [4.78, 5) is 14.3. The fourth-order valence-corrected chi connectivity index (χ4v) is 1.01. The van der Waals surface area contributed by atoms with E-state index in [0.717, 1.165) is 6.42 Å². The summed E-state index contributed by atoms with van der Waals surface area (Å²) in [5, 5.41) is 11.1. The second-order valence-corrected chi connectivity index (χ2v) is 2.64. The Morgan fingerprint density at radius 2 is 2.58 bits per heavy atom. The van der Waals surface area contributed by atoms with Crippen molar-refractivity contribution in [1.82, 2.24) is 5.32 Å². The van der Waals surface area contributed by atoms with Gasteiger partial charge >= 0.3 is 5.97 Å². The van der Waals surface area contributed by atoms with Crippen LogP contribution in [-0.2, 0) is 4.79 Å². The lowest BCUT2D eigenvalue weighted by Crippen LogP contribution is -2.30. The molecule has 1 aliphatic rings. The number of hydrogen-bond acceptors (Lipinski definition) is 3. The number of rotatable bonds is 4. The SMILES string of the molecule is O=C(O)CNCC1CC=CC=N1. The summed E-state index contributed by atoms with van der Waals surface area (Å²) in [7, 11) is 0. The molecule has 4 nitrogen and oxygen atoms in total. The molecule has 1 unspecified atom stereocenters. The van der Waals surface area contributed by atoms with E-state index in [-0.39, 0.29) is 12.6 Å². The Morgan fingerprint density at radius 1 is 1.75 bits per heavy atom. The van der Waals surface area contributed by atoms with E-state index in [1.54, 1.807) is 6.21 Å². The molecule has 2 N–H and O–H groups in total. The molecular formula is C8H12N2O2. The third-order valence-corrected chi connectivity index (χ3v) is 1.58. The molecule has 0 spiro atoms. The third-order valence-electron chi connectivity index (χ3n) is 1.58. The Bertz CT molecular complexity index is 211. The maximum Gasteiger partial charge on any atom is 0.317 e. The molecule has 12 heavy (non-hydrogen) atoms. The molecule has 0 saturated heterocycles. The Balaban J connectivity index is 2.11. The van der Waals surface area contributed by atoms with Crippen molar-refractivity contribution in [2.75, 3.05) is 13.1 Å². The first-order chi connectivity index (χ1) is 5.79. The number of hydrogen-bond donors (Lipinski definition) is 2. The molecule has 0 aliphatic carbocycles. The minimum absolute atomic E-state index is 0.00966. The van der Waals surface area contributed by atoms with Gasteiger partial charge in [-0.1, -0.05) is 6.08 Å². The molecule has 0 radical (unpaired) electrons. The van der Waals surface area contributed by atoms with Gasteiger partial charge < -0.3 is 10.4 Å². The van der Waals surface area contributed by atoms with Gasteiger partial charge in [0.15, 0.2) is 0 Å². The smallest absolute Gasteiger partial charge is 0.317 e. The van der Waals surface area contributed by atoms with Crippen molar-refractivity contribution in [3.8, 4) is 0 Å². The number of carboxylic acid groups (broad SMARTS) is 1. The average molecular weight is 168 g/mol. The molecule has 0 aromatic heterocycles. The first kappa shape index (κ1) is 8.93. The van der Waals surface area contributed by atoms with Crippen LogP contribution in [0.1, 0.15) is 6.42 Å². The average Bonchev–Trinajstić information content (AvgIpc) is 2.05. The zero-order valence-electron chi connectivity index (χ0n) is 6.73. The van der Waals surface area contributed by atoms with Crippen LogP contribution in [0.4, 0.5) is 0 Å². The Labute approximate surface area is 71.0 Å². The number of aliphatic carboxylic acids is 1. The number of allylic oxidation sites excluding steroid dienone is 1. The van der Waals surface area contributed by atoms with Crippen molar-refractivity contribution in [3.63, 3.8) is 0 Å². The second kappa shape index (κ2) is 4.66. The highest BCUT2D eigenvalue weighted by molar-refractivity contribution is 5.72. The van der Waals surface area contributed by atoms with Gasteiger partial charge in [0.25, 0.3) is 0 Å². The topological polar surface area (TPSA) is 61.7 Å². The van der Waals surface area contributed by atoms with Crippen molar-refractivity contribution in [2.45, 2.75) is 12.5 Å². The van der Waals surface area contributed by atoms with Gasteiger partial charge in [-0.15, -0.1) is 0 Å². The van der Waals surface area contributed by atoms with E-state index in [9.17, 15) is 4.79 Å². The van der Waals surface area contributed by atoms with E-state index in [2.05, 4.69) is 10.3 Å². The van der Waals surface area contributed by atoms with E-state index < -0.39 is 5.97 Å². The monoisotopic (exact) mass is 168 g/mol. The number of aliphatic imine (C=N–C) groups is 1. The van der Waals surface area contributed by atoms with Crippen LogP contribution >= 0.6 is 0 Å². The fraction of sp³-hybridized carbons (Fsp3) is 0.500. The molecule has 0 aromatic rings. The van der Waals surface area contributed by atoms with E-state index in [1.165, 1.54) is 0 Å². The highest BCUT2D eigenvalue weighted by atomic mass is 16.4. The lowest BCUT2D eigenvalue weighted by Gasteiger charge is -2.11. The van der Waals surface area contributed by atoms with Crippen LogP contribution in [0, 0.1) is 0 Å². The first-order valence-corrected chi connectivity index (χ1v) is 3.90. The molecule has 1 heterocycles. The van der Waals surface area contributed by atoms with Crippen LogP contribution in [0.25, 0.3) is 0 Å². The predicted molar refractivity (Wildman–Crippen MR) is 46.5 cm³/mol. The molecule has 0 amide bonds. The molecule has 0 aromatic carbocycles. The van der Waals surface area contributed by atoms with E-state index >= 15 is 0 Å². The number of nitrogens with zero attached hydrogens (tertiary/aromatic N) is 1. The van der Waals surface area contributed by atoms with Gasteiger partial charge in [-0.05, 0) is 12.5 Å². The number of carboxylic acids is 1. The molecule has 1 aliphatic heterocycles. The number of nitrogens with one attached hydrogen (secondary N) is 1. The second-order valence-electron chi connectivity index (χ2n) is 2.64. The van der Waals surface area contributed by atoms with Crippen LogP contribution in [-0.4, -0.2) is 36.4 Å². The molecule has 0 fully saturated rings. The molecule has 1 atom stereocenters. The summed E-state index contributed by atoms with van der Waals surface area (Å²) in [6.45, 7) is 0.642. The molecule has 4 heteroatoms. The van der Waals surface area contributed by atoms with Crippen LogP contribution < -0.4 is 5.32 Å². The summed E-state index contributed by atoms with van der Waals surface area (Å²) in [6.07, 6.45) is 6.56. The van der Waals surface area contributed by atoms with E-state index in [0.29, 0.717) is 6.54 Å². The van der Waals surface area contributed by atoms with Gasteiger partial charge in [0.1, 0.15) is 0 Å². The molecule has 0 saturated carbocycles. The summed E-state index contributed by atoms with van der Waals surface area (Å²) in [5.74, 6) is -0.828. The van der Waals surface area contributed by atoms with Gasteiger partial charge in [-0.3, -0.25) is 9.79 Å². The molecule has 1 rings (SSSR count). The fourth-order valence-electron chi connectivity index (χ4n) is 1.01. The maximum atomic E-state index is 10.1. The largest absolute Gasteiger partial charge is 0.480 e. The standard InChI is InChI=1S/C8H12N2O2/c11-8(12)6-9-5-7-3-1-2-4-10-7/h1-2,4,7,9H,3,5-6H2,(H,11,12). The maximum absolute atomic E-state index is 10.1. The van der Waals surface area contributed by atoms with Crippen molar-refractivity contribution < 1.29 is 9.90 Å². The number of dihydropyridines is 1. The zero-order chi connectivity index (χ0) is 8.81. The van der Waals surface area contributed by atoms with Gasteiger partial charge in [-0.2, -0.15) is 0 Å². The van der Waals surface area contributed by atoms with E-state index in [4.69, 9.17) is 5.11 Å². The first-order valence-electron chi connectivity index (χ1n) is 3.90. The third kappa shape index (κ3) is 3.30. The van der Waals surface area contributed by atoms with Crippen LogP contribution in [0.15, 0.2) is 17.1 Å². The van der Waals surface area contributed by atoms with Crippen molar-refractivity contribution >= 4 is 12.2 Å².